The van der Waals surface area contributed by atoms with Crippen molar-refractivity contribution < 1.29 is 18.6 Å². The van der Waals surface area contributed by atoms with E-state index in [0.29, 0.717) is 12.2 Å². The van der Waals surface area contributed by atoms with E-state index in [1.807, 2.05) is 18.2 Å². The van der Waals surface area contributed by atoms with E-state index in [2.05, 4.69) is 15.9 Å². The third-order valence-electron chi connectivity index (χ3n) is 3.40. The lowest BCUT2D eigenvalue weighted by atomic mass is 9.99. The maximum atomic E-state index is 14.0. The Balaban J connectivity index is 1.92. The average molecular weight is 341 g/mol. The minimum atomic E-state index is -1.36. The first-order valence-corrected chi connectivity index (χ1v) is 6.93. The Morgan fingerprint density at radius 1 is 1.20 bits per heavy atom. The third-order valence-corrected chi connectivity index (χ3v) is 4.01. The summed E-state index contributed by atoms with van der Waals surface area (Å²) < 4.78 is 33.5. The van der Waals surface area contributed by atoms with E-state index in [1.54, 1.807) is 6.07 Å². The van der Waals surface area contributed by atoms with Crippen LogP contribution < -0.4 is 4.74 Å². The summed E-state index contributed by atoms with van der Waals surface area (Å²) in [6.45, 7) is 0. The van der Waals surface area contributed by atoms with Gasteiger partial charge in [-0.05, 0) is 39.7 Å². The van der Waals surface area contributed by atoms with Gasteiger partial charge in [-0.3, -0.25) is 0 Å². The second-order valence-electron chi connectivity index (χ2n) is 4.67. The maximum Gasteiger partial charge on any atom is 0.146 e. The number of para-hydroxylation sites is 1. The van der Waals surface area contributed by atoms with Gasteiger partial charge < -0.3 is 9.84 Å². The molecule has 0 fully saturated rings. The van der Waals surface area contributed by atoms with E-state index in [4.69, 9.17) is 4.74 Å². The predicted octanol–water partition coefficient (Wildman–Crippen LogP) is 3.76. The number of hydrogen-bond donors (Lipinski definition) is 1. The smallest absolute Gasteiger partial charge is 0.146 e. The van der Waals surface area contributed by atoms with Gasteiger partial charge in [-0.15, -0.1) is 0 Å². The molecule has 2 aromatic carbocycles. The van der Waals surface area contributed by atoms with Gasteiger partial charge in [-0.1, -0.05) is 18.2 Å². The van der Waals surface area contributed by atoms with Crippen LogP contribution in [0.4, 0.5) is 8.78 Å². The molecule has 20 heavy (non-hydrogen) atoms. The van der Waals surface area contributed by atoms with Crippen LogP contribution in [0.5, 0.6) is 5.75 Å². The van der Waals surface area contributed by atoms with Gasteiger partial charge in [0.2, 0.25) is 0 Å². The summed E-state index contributed by atoms with van der Waals surface area (Å²) in [4.78, 5) is 0. The van der Waals surface area contributed by atoms with Crippen molar-refractivity contribution in [2.24, 2.45) is 0 Å². The Bertz CT molecular complexity index is 635. The van der Waals surface area contributed by atoms with Gasteiger partial charge in [0.1, 0.15) is 29.6 Å². The van der Waals surface area contributed by atoms with E-state index in [0.717, 1.165) is 11.6 Å². The first kappa shape index (κ1) is 13.5. The molecule has 104 valence electrons. The van der Waals surface area contributed by atoms with Gasteiger partial charge in [0.15, 0.2) is 0 Å². The van der Waals surface area contributed by atoms with Gasteiger partial charge in [-0.25, -0.2) is 8.78 Å². The summed E-state index contributed by atoms with van der Waals surface area (Å²) in [5.74, 6) is -0.929. The molecule has 2 unspecified atom stereocenters. The zero-order valence-electron chi connectivity index (χ0n) is 10.3. The van der Waals surface area contributed by atoms with Crippen molar-refractivity contribution in [3.8, 4) is 5.75 Å². The summed E-state index contributed by atoms with van der Waals surface area (Å²) in [5.41, 5.74) is 0.560. The molecule has 0 bridgehead atoms. The fourth-order valence-corrected chi connectivity index (χ4v) is 2.73. The molecular formula is C15H11BrF2O2. The molecule has 3 rings (SSSR count). The number of aliphatic hydroxyl groups excluding tert-OH is 1. The SMILES string of the molecule is OC(c1c(F)ccc(Br)c1F)C1Cc2ccccc2O1. The van der Waals surface area contributed by atoms with Gasteiger partial charge in [-0.2, -0.15) is 0 Å². The monoisotopic (exact) mass is 340 g/mol. The molecule has 0 aromatic heterocycles. The van der Waals surface area contributed by atoms with Gasteiger partial charge in [0, 0.05) is 6.42 Å². The molecule has 0 aliphatic carbocycles. The normalized spacial score (nSPS) is 18.5. The zero-order chi connectivity index (χ0) is 14.3. The van der Waals surface area contributed by atoms with Crippen LogP contribution in [-0.2, 0) is 6.42 Å². The molecule has 0 spiro atoms. The molecule has 2 aromatic rings. The molecule has 1 aliphatic heterocycles. The lowest BCUT2D eigenvalue weighted by molar-refractivity contribution is 0.0439. The number of rotatable bonds is 2. The molecule has 2 atom stereocenters. The van der Waals surface area contributed by atoms with Crippen molar-refractivity contribution in [1.29, 1.82) is 0 Å². The quantitative estimate of drug-likeness (QED) is 0.843. The summed E-state index contributed by atoms with van der Waals surface area (Å²) >= 11 is 2.99. The molecule has 0 radical (unpaired) electrons. The van der Waals surface area contributed by atoms with Crippen molar-refractivity contribution in [2.45, 2.75) is 18.6 Å². The summed E-state index contributed by atoms with van der Waals surface area (Å²) in [6, 6.07) is 9.70. The van der Waals surface area contributed by atoms with Crippen LogP contribution >= 0.6 is 15.9 Å². The highest BCUT2D eigenvalue weighted by Crippen LogP contribution is 2.36. The van der Waals surface area contributed by atoms with Crippen LogP contribution in [0.1, 0.15) is 17.2 Å². The second-order valence-corrected chi connectivity index (χ2v) is 5.52. The first-order chi connectivity index (χ1) is 9.58. The van der Waals surface area contributed by atoms with Crippen LogP contribution in [0.25, 0.3) is 0 Å². The molecule has 0 saturated carbocycles. The van der Waals surface area contributed by atoms with E-state index < -0.39 is 23.8 Å². The highest BCUT2D eigenvalue weighted by molar-refractivity contribution is 9.10. The number of ether oxygens (including phenoxy) is 1. The van der Waals surface area contributed by atoms with Crippen molar-refractivity contribution in [3.63, 3.8) is 0 Å². The number of halogens is 3. The maximum absolute atomic E-state index is 14.0. The second kappa shape index (κ2) is 5.14. The molecule has 1 N–H and O–H groups in total. The Kier molecular flexibility index (Phi) is 3.48. The fraction of sp³-hybridized carbons (Fsp3) is 0.200. The van der Waals surface area contributed by atoms with Crippen LogP contribution in [0.3, 0.4) is 0 Å². The lowest BCUT2D eigenvalue weighted by Crippen LogP contribution is -2.25. The minimum Gasteiger partial charge on any atom is -0.487 e. The first-order valence-electron chi connectivity index (χ1n) is 6.14. The topological polar surface area (TPSA) is 29.5 Å². The largest absolute Gasteiger partial charge is 0.487 e. The Hall–Kier alpha value is -1.46. The van der Waals surface area contributed by atoms with Crippen molar-refractivity contribution in [2.75, 3.05) is 0 Å². The number of aliphatic hydroxyl groups is 1. The van der Waals surface area contributed by atoms with Crippen LogP contribution in [0.15, 0.2) is 40.9 Å². The highest BCUT2D eigenvalue weighted by atomic mass is 79.9. The van der Waals surface area contributed by atoms with E-state index in [9.17, 15) is 13.9 Å². The van der Waals surface area contributed by atoms with Gasteiger partial charge >= 0.3 is 0 Å². The van der Waals surface area contributed by atoms with E-state index in [1.165, 1.54) is 6.07 Å². The van der Waals surface area contributed by atoms with Crippen molar-refractivity contribution in [3.05, 3.63) is 63.6 Å². The van der Waals surface area contributed by atoms with Gasteiger partial charge in [0.25, 0.3) is 0 Å². The number of fused-ring (bicyclic) bond motifs is 1. The summed E-state index contributed by atoms with van der Waals surface area (Å²) in [5, 5.41) is 10.3. The van der Waals surface area contributed by atoms with Crippen molar-refractivity contribution >= 4 is 15.9 Å². The Morgan fingerprint density at radius 2 is 1.95 bits per heavy atom. The molecule has 1 aliphatic rings. The lowest BCUT2D eigenvalue weighted by Gasteiger charge is -2.20. The standard InChI is InChI=1S/C15H11BrF2O2/c16-9-5-6-10(17)13(14(9)18)15(19)12-7-8-3-1-2-4-11(8)20-12/h1-6,12,15,19H,7H2. The van der Waals surface area contributed by atoms with Crippen LogP contribution in [0, 0.1) is 11.6 Å². The molecular weight excluding hydrogens is 330 g/mol. The summed E-state index contributed by atoms with van der Waals surface area (Å²) in [7, 11) is 0. The zero-order valence-corrected chi connectivity index (χ0v) is 11.9. The van der Waals surface area contributed by atoms with E-state index in [-0.39, 0.29) is 10.0 Å². The van der Waals surface area contributed by atoms with Crippen molar-refractivity contribution in [1.82, 2.24) is 0 Å². The number of hydrogen-bond acceptors (Lipinski definition) is 2. The third kappa shape index (κ3) is 2.21. The summed E-state index contributed by atoms with van der Waals surface area (Å²) in [6.07, 6.45) is -1.63. The Morgan fingerprint density at radius 3 is 2.70 bits per heavy atom. The molecule has 0 saturated heterocycles. The Labute approximate surface area is 123 Å². The van der Waals surface area contributed by atoms with Crippen LogP contribution in [-0.4, -0.2) is 11.2 Å². The molecule has 5 heteroatoms. The van der Waals surface area contributed by atoms with Crippen LogP contribution in [0.2, 0.25) is 0 Å². The fourth-order valence-electron chi connectivity index (χ4n) is 2.38. The molecule has 2 nitrogen and oxygen atoms in total. The molecule has 0 amide bonds. The van der Waals surface area contributed by atoms with Gasteiger partial charge in [0.05, 0.1) is 10.0 Å². The average Bonchev–Trinajstić information content (AvgIpc) is 2.87. The predicted molar refractivity (Wildman–Crippen MR) is 73.6 cm³/mol. The minimum absolute atomic E-state index is 0.114. The van der Waals surface area contributed by atoms with E-state index >= 15 is 0 Å². The molecule has 1 heterocycles. The highest BCUT2D eigenvalue weighted by Gasteiger charge is 2.33. The number of benzene rings is 2.